The molecule has 704 valence electrons. The molecule has 0 radical (unpaired) electrons. The third-order valence-corrected chi connectivity index (χ3v) is 22.4. The smallest absolute Gasteiger partial charge is 0.408 e. The standard InChI is InChI=1S/C25H28Cl2N2O5.C23H24Cl2N2O3.C20H20Cl2N2O3.C13H15Cl2NO4.C12H15NO2.C3H6O.ClH/c1-25(2,3)34-24(32)29-21(17-11-18(26)13-19(27)12-17)22(30)28-20(14-5-6-14)15-7-9-16(10-8-15)23(31)33-4;1-23(2)26-19(16-10-17(24)12-18(25)11-16)21(28)27(23)20(13-4-5-13)14-6-8-15(9-7-14)22(29)30-3;1-27-20(26)13-6-4-12(5-7-13)18(11-2-3-11)24-19(25)17(23)14-8-15(21)10-16(22)9-14;1-13(2,3)20-12(19)16-10(11(17)18)7-4-8(14)6-9(15)5-7;1-15-12(14)10-6-4-9(5-7-10)11(13)8-2-3-8;1-3(2)4;/h7-14,20-21H,5-6H2,1-4H3,(H,28,30)(H,29,32);6-13,19-20,26H,4-5H2,1-3H3;4-11,17-18H,2-3,23H2,1H3,(H,24,25);4-6,10H,1-3H3,(H,16,19)(H,17,18);4-8,11H,2-3,13H2,1H3;1-2H3;1H/t20-,21?;19?,20-;17?,18-;;11-;;/m111.1../s1. The first-order valence-corrected chi connectivity index (χ1v) is 44.6. The Morgan fingerprint density at radius 2 is 0.702 bits per heavy atom. The van der Waals surface area contributed by atoms with Gasteiger partial charge in [-0.05, 0) is 310 Å². The Hall–Kier alpha value is -9.78. The van der Waals surface area contributed by atoms with E-state index in [2.05, 4.69) is 31.3 Å². The lowest BCUT2D eigenvalue weighted by Crippen LogP contribution is -2.49. The molecule has 5 aliphatic rings. The van der Waals surface area contributed by atoms with Gasteiger partial charge in [0.15, 0.2) is 6.04 Å². The van der Waals surface area contributed by atoms with Gasteiger partial charge >= 0.3 is 42.0 Å². The Labute approximate surface area is 808 Å². The maximum Gasteiger partial charge on any atom is 0.408 e. The topological polar surface area (TPSA) is 379 Å². The van der Waals surface area contributed by atoms with Gasteiger partial charge in [-0.15, -0.1) is 12.4 Å². The normalized spacial score (nSPS) is 16.2. The summed E-state index contributed by atoms with van der Waals surface area (Å²) < 4.78 is 29.3. The molecular formula is C96H109Cl9N8O18. The van der Waals surface area contributed by atoms with E-state index in [0.29, 0.717) is 81.3 Å². The van der Waals surface area contributed by atoms with Gasteiger partial charge in [0, 0.05) is 46.2 Å². The van der Waals surface area contributed by atoms with Gasteiger partial charge in [-0.25, -0.2) is 33.6 Å². The van der Waals surface area contributed by atoms with Gasteiger partial charge in [0.1, 0.15) is 35.1 Å². The maximum atomic E-state index is 13.6. The summed E-state index contributed by atoms with van der Waals surface area (Å²) in [6.45, 7) is 17.3. The fourth-order valence-corrected chi connectivity index (χ4v) is 16.2. The fraction of sp³-hybridized carbons (Fsp3) is 0.385. The van der Waals surface area contributed by atoms with Gasteiger partial charge in [-0.1, -0.05) is 141 Å². The number of rotatable bonds is 24. The number of aliphatic carboxylic acids is 1. The summed E-state index contributed by atoms with van der Waals surface area (Å²) in [5, 5.41) is 26.7. The van der Waals surface area contributed by atoms with Crippen molar-refractivity contribution in [3.8, 4) is 0 Å². The van der Waals surface area contributed by atoms with Crippen molar-refractivity contribution in [2.24, 2.45) is 35.1 Å². The summed E-state index contributed by atoms with van der Waals surface area (Å²) >= 11 is 48.3. The lowest BCUT2D eigenvalue weighted by Gasteiger charge is -2.38. The molecule has 4 saturated carbocycles. The first kappa shape index (κ1) is 108. The molecule has 131 heavy (non-hydrogen) atoms. The highest BCUT2D eigenvalue weighted by molar-refractivity contribution is 6.36. The molecule has 1 aliphatic heterocycles. The number of hydrogen-bond donors (Lipinski definition) is 8. The number of carboxylic acids is 1. The molecule has 13 rings (SSSR count). The molecule has 5 amide bonds. The van der Waals surface area contributed by atoms with Gasteiger partial charge in [-0.2, -0.15) is 0 Å². The van der Waals surface area contributed by atoms with Crippen LogP contribution >= 0.6 is 105 Å². The second-order valence-electron chi connectivity index (χ2n) is 34.3. The summed E-state index contributed by atoms with van der Waals surface area (Å²) in [5.41, 5.74) is 18.0. The van der Waals surface area contributed by atoms with Gasteiger partial charge in [0.05, 0.1) is 74.5 Å². The number of amides is 5. The van der Waals surface area contributed by atoms with Crippen molar-refractivity contribution in [1.29, 1.82) is 0 Å². The zero-order chi connectivity index (χ0) is 96.1. The highest BCUT2D eigenvalue weighted by Crippen LogP contribution is 2.50. The molecule has 0 spiro atoms. The first-order chi connectivity index (χ1) is 61.1. The van der Waals surface area contributed by atoms with Crippen LogP contribution in [0.2, 0.25) is 40.2 Å². The number of ether oxygens (including phenoxy) is 6. The largest absolute Gasteiger partial charge is 0.479 e. The van der Waals surface area contributed by atoms with Gasteiger partial charge in [0.2, 0.25) is 17.7 Å². The number of alkyl carbamates (subject to hydrolysis) is 2. The minimum atomic E-state index is -1.29. The molecule has 8 atom stereocenters. The number of hydrogen-bond acceptors (Lipinski definition) is 20. The van der Waals surface area contributed by atoms with Crippen molar-refractivity contribution < 1.29 is 86.3 Å². The number of halogens is 9. The third kappa shape index (κ3) is 33.7. The monoisotopic (exact) mass is 1980 g/mol. The molecule has 26 nitrogen and oxygen atoms in total. The number of nitrogens with zero attached hydrogens (tertiary/aromatic N) is 1. The quantitative estimate of drug-likeness (QED) is 0.0206. The zero-order valence-electron chi connectivity index (χ0n) is 74.7. The van der Waals surface area contributed by atoms with E-state index in [9.17, 15) is 57.8 Å². The predicted octanol–water partition coefficient (Wildman–Crippen LogP) is 21.3. The highest BCUT2D eigenvalue weighted by Gasteiger charge is 2.52. The number of benzene rings is 8. The summed E-state index contributed by atoms with van der Waals surface area (Å²) in [5.74, 6) is -1.70. The van der Waals surface area contributed by atoms with Crippen LogP contribution in [0, 0.1) is 23.7 Å². The van der Waals surface area contributed by atoms with E-state index in [4.69, 9.17) is 128 Å². The molecule has 35 heteroatoms. The van der Waals surface area contributed by atoms with E-state index in [0.717, 1.165) is 66.3 Å². The lowest BCUT2D eigenvalue weighted by atomic mass is 9.96. The molecule has 4 unspecified atom stereocenters. The number of ketones is 1. The minimum absolute atomic E-state index is 0. The van der Waals surface area contributed by atoms with Crippen LogP contribution in [0.4, 0.5) is 9.59 Å². The van der Waals surface area contributed by atoms with E-state index in [1.165, 1.54) is 73.3 Å². The molecule has 8 aromatic rings. The van der Waals surface area contributed by atoms with E-state index < -0.39 is 77.0 Å². The average Bonchev–Trinajstić information content (AvgIpc) is 1.59. The van der Waals surface area contributed by atoms with Crippen molar-refractivity contribution in [2.75, 3.05) is 28.4 Å². The molecule has 10 N–H and O–H groups in total. The number of carbonyl (C=O) groups is 11. The Morgan fingerprint density at radius 3 is 1.02 bits per heavy atom. The van der Waals surface area contributed by atoms with E-state index >= 15 is 0 Å². The number of carboxylic acid groups (broad SMARTS) is 1. The first-order valence-electron chi connectivity index (χ1n) is 41.6. The van der Waals surface area contributed by atoms with Gasteiger partial charge in [-0.3, -0.25) is 19.7 Å². The maximum absolute atomic E-state index is 13.6. The van der Waals surface area contributed by atoms with Crippen LogP contribution in [-0.2, 0) is 52.4 Å². The average molecular weight is 1980 g/mol. The number of esters is 4. The van der Waals surface area contributed by atoms with Crippen LogP contribution < -0.4 is 38.1 Å². The predicted molar refractivity (Wildman–Crippen MR) is 508 cm³/mol. The molecule has 5 fully saturated rings. The number of nitrogens with two attached hydrogens (primary N) is 2. The second-order valence-corrected chi connectivity index (χ2v) is 37.8. The van der Waals surface area contributed by atoms with Crippen LogP contribution in [0.15, 0.2) is 170 Å². The Kier molecular flexibility index (Phi) is 40.3. The molecule has 0 aromatic heterocycles. The molecule has 0 bridgehead atoms. The van der Waals surface area contributed by atoms with Crippen molar-refractivity contribution >= 4 is 171 Å². The lowest BCUT2D eigenvalue weighted by molar-refractivity contribution is -0.139. The van der Waals surface area contributed by atoms with Crippen molar-refractivity contribution in [1.82, 2.24) is 31.5 Å². The number of methoxy groups -OCH3 is 4. The van der Waals surface area contributed by atoms with Crippen molar-refractivity contribution in [3.63, 3.8) is 0 Å². The van der Waals surface area contributed by atoms with Crippen LogP contribution in [0.3, 0.4) is 0 Å². The fourth-order valence-electron chi connectivity index (χ4n) is 14.0. The number of Topliss-reactive ketones (excluding diaryl/α,β-unsaturated/α-hetero) is 1. The van der Waals surface area contributed by atoms with Crippen molar-refractivity contribution in [3.05, 3.63) is 277 Å². The zero-order valence-corrected chi connectivity index (χ0v) is 81.5. The molecule has 4 aliphatic carbocycles. The van der Waals surface area contributed by atoms with E-state index in [-0.39, 0.29) is 87.6 Å². The van der Waals surface area contributed by atoms with Crippen LogP contribution in [0.1, 0.15) is 255 Å². The summed E-state index contributed by atoms with van der Waals surface area (Å²) in [6, 6.07) is 43.6. The molecule has 1 saturated heterocycles. The summed E-state index contributed by atoms with van der Waals surface area (Å²) in [6.07, 6.45) is 6.97. The van der Waals surface area contributed by atoms with Crippen molar-refractivity contribution in [2.45, 2.75) is 186 Å². The van der Waals surface area contributed by atoms with E-state index in [1.54, 1.807) is 157 Å². The minimum Gasteiger partial charge on any atom is -0.479 e. The number of nitrogens with one attached hydrogen (secondary N) is 5. The van der Waals surface area contributed by atoms with Crippen LogP contribution in [-0.4, -0.2) is 121 Å². The SMILES string of the molecule is CC(C)(C)OC(=O)NC(C(=O)O)c1cc(Cl)cc(Cl)c1.CC(C)=O.COC(=O)c1ccc([C@@H](C2CC2)N2C(=O)C(c3cc(Cl)cc(Cl)c3)NC2(C)C)cc1.COC(=O)c1ccc([C@H](N)C2CC2)cc1.COC(=O)c1ccc([C@H](NC(=O)C(N)c2cc(Cl)cc(Cl)c2)C2CC2)cc1.COC(=O)c1ccc([C@H](NC(=O)C(NC(=O)OC(C)(C)C)c2cc(Cl)cc(Cl)c2)C2CC2)cc1.Cl. The Balaban J connectivity index is 0.000000226. The summed E-state index contributed by atoms with van der Waals surface area (Å²) in [4.78, 5) is 133. The van der Waals surface area contributed by atoms with Crippen LogP contribution in [0.25, 0.3) is 0 Å². The summed E-state index contributed by atoms with van der Waals surface area (Å²) in [7, 11) is 5.41. The number of carbonyl (C=O) groups excluding carboxylic acids is 10. The second kappa shape index (κ2) is 48.7. The van der Waals surface area contributed by atoms with Gasteiger partial charge < -0.3 is 76.0 Å². The molecule has 1 heterocycles. The molecule has 8 aromatic carbocycles. The highest BCUT2D eigenvalue weighted by atomic mass is 35.5. The molecular weight excluding hydrogens is 1870 g/mol. The Bertz CT molecular complexity index is 5270. The Morgan fingerprint density at radius 1 is 0.412 bits per heavy atom. The van der Waals surface area contributed by atoms with Crippen LogP contribution in [0.5, 0.6) is 0 Å². The van der Waals surface area contributed by atoms with E-state index in [1.807, 2.05) is 55.1 Å². The van der Waals surface area contributed by atoms with Gasteiger partial charge in [0.25, 0.3) is 0 Å². The third-order valence-electron chi connectivity index (χ3n) is 20.6.